The van der Waals surface area contributed by atoms with Crippen LogP contribution in [0.25, 0.3) is 10.9 Å². The molecule has 0 fully saturated rings. The molecule has 0 spiro atoms. The monoisotopic (exact) mass is 221 g/mol. The average Bonchev–Trinajstić information content (AvgIpc) is 2.44. The van der Waals surface area contributed by atoms with E-state index in [9.17, 15) is 4.79 Å². The zero-order valence-electron chi connectivity index (χ0n) is 8.97. The lowest BCUT2D eigenvalue weighted by Gasteiger charge is -2.01. The van der Waals surface area contributed by atoms with Gasteiger partial charge in [0.2, 0.25) is 0 Å². The molecule has 3 heteroatoms. The van der Waals surface area contributed by atoms with Gasteiger partial charge in [0.25, 0.3) is 0 Å². The number of carbonyl (C=O) groups excluding carboxylic acids is 1. The van der Waals surface area contributed by atoms with Crippen LogP contribution < -0.4 is 0 Å². The molecule has 78 valence electrons. The molecule has 1 aromatic heterocycles. The molecule has 0 saturated heterocycles. The number of Topliss-reactive ketones (excluding diaryl/α,β-unsaturated/α-hetero) is 1. The van der Waals surface area contributed by atoms with Gasteiger partial charge in [-0.3, -0.25) is 4.79 Å². The number of ketones is 1. The van der Waals surface area contributed by atoms with Crippen LogP contribution in [0.1, 0.15) is 23.0 Å². The van der Waals surface area contributed by atoms with E-state index in [2.05, 4.69) is 0 Å². The van der Waals surface area contributed by atoms with Gasteiger partial charge < -0.3 is 4.57 Å². The van der Waals surface area contributed by atoms with E-state index in [1.165, 1.54) is 0 Å². The Morgan fingerprint density at radius 3 is 2.60 bits per heavy atom. The molecule has 2 rings (SSSR count). The number of halogens is 1. The summed E-state index contributed by atoms with van der Waals surface area (Å²) in [6, 6.07) is 5.79. The lowest BCUT2D eigenvalue weighted by atomic mass is 10.2. The summed E-state index contributed by atoms with van der Waals surface area (Å²) < 4.78 is 1.89. The van der Waals surface area contributed by atoms with Crippen molar-refractivity contribution in [2.45, 2.75) is 13.8 Å². The number of fused-ring (bicyclic) bond motifs is 1. The molecule has 1 heterocycles. The summed E-state index contributed by atoms with van der Waals surface area (Å²) >= 11 is 6.13. The number of benzene rings is 1. The Morgan fingerprint density at radius 2 is 2.00 bits per heavy atom. The van der Waals surface area contributed by atoms with Crippen LogP contribution in [-0.2, 0) is 7.05 Å². The third kappa shape index (κ3) is 1.55. The third-order valence-corrected chi connectivity index (χ3v) is 2.93. The summed E-state index contributed by atoms with van der Waals surface area (Å²) in [6.45, 7) is 3.56. The predicted molar refractivity (Wildman–Crippen MR) is 62.7 cm³/mol. The van der Waals surface area contributed by atoms with Crippen LogP contribution >= 0.6 is 11.6 Å². The Kier molecular flexibility index (Phi) is 2.31. The van der Waals surface area contributed by atoms with Gasteiger partial charge in [0, 0.05) is 19.4 Å². The lowest BCUT2D eigenvalue weighted by molar-refractivity contribution is 0.101. The molecule has 2 nitrogen and oxygen atoms in total. The average molecular weight is 222 g/mol. The summed E-state index contributed by atoms with van der Waals surface area (Å²) in [4.78, 5) is 11.4. The number of hydrogen-bond donors (Lipinski definition) is 0. The zero-order chi connectivity index (χ0) is 11.2. The van der Waals surface area contributed by atoms with E-state index >= 15 is 0 Å². The van der Waals surface area contributed by atoms with Gasteiger partial charge in [-0.15, -0.1) is 0 Å². The van der Waals surface area contributed by atoms with E-state index in [1.54, 1.807) is 6.92 Å². The molecule has 0 unspecified atom stereocenters. The van der Waals surface area contributed by atoms with Crippen LogP contribution in [0.15, 0.2) is 18.2 Å². The number of carbonyl (C=O) groups is 1. The summed E-state index contributed by atoms with van der Waals surface area (Å²) in [6.07, 6.45) is 0. The van der Waals surface area contributed by atoms with Crippen LogP contribution in [0.3, 0.4) is 0 Å². The standard InChI is InChI=1S/C12H12ClNO/c1-7-4-10(13)9-6-11(8(2)15)14(3)12(9)5-7/h4-6H,1-3H3. The van der Waals surface area contributed by atoms with Crippen LogP contribution in [0, 0.1) is 6.92 Å². The highest BCUT2D eigenvalue weighted by molar-refractivity contribution is 6.35. The molecule has 0 atom stereocenters. The van der Waals surface area contributed by atoms with E-state index in [1.807, 2.05) is 36.7 Å². The Labute approximate surface area is 93.5 Å². The van der Waals surface area contributed by atoms with Gasteiger partial charge in [-0.05, 0) is 30.7 Å². The summed E-state index contributed by atoms with van der Waals surface area (Å²) in [5, 5.41) is 1.64. The predicted octanol–water partition coefficient (Wildman–Crippen LogP) is 3.34. The zero-order valence-corrected chi connectivity index (χ0v) is 9.72. The minimum Gasteiger partial charge on any atom is -0.341 e. The molecular formula is C12H12ClNO. The highest BCUT2D eigenvalue weighted by atomic mass is 35.5. The van der Waals surface area contributed by atoms with Crippen molar-refractivity contribution in [3.05, 3.63) is 34.5 Å². The molecule has 0 bridgehead atoms. The van der Waals surface area contributed by atoms with Crippen molar-refractivity contribution in [2.75, 3.05) is 0 Å². The number of nitrogens with zero attached hydrogens (tertiary/aromatic N) is 1. The number of aryl methyl sites for hydroxylation is 2. The fourth-order valence-electron chi connectivity index (χ4n) is 1.86. The topological polar surface area (TPSA) is 22.0 Å². The van der Waals surface area contributed by atoms with Gasteiger partial charge in [-0.2, -0.15) is 0 Å². The Balaban J connectivity index is 2.88. The van der Waals surface area contributed by atoms with Crippen molar-refractivity contribution in [2.24, 2.45) is 7.05 Å². The molecule has 0 N–H and O–H groups in total. The first-order valence-corrected chi connectivity index (χ1v) is 5.15. The molecule has 0 saturated carbocycles. The van der Waals surface area contributed by atoms with Crippen LogP contribution in [0.5, 0.6) is 0 Å². The van der Waals surface area contributed by atoms with Gasteiger partial charge in [-0.25, -0.2) is 0 Å². The SMILES string of the molecule is CC(=O)c1cc2c(Cl)cc(C)cc2n1C. The maximum Gasteiger partial charge on any atom is 0.176 e. The van der Waals surface area contributed by atoms with Crippen molar-refractivity contribution >= 4 is 28.3 Å². The second-order valence-corrected chi connectivity index (χ2v) is 4.23. The van der Waals surface area contributed by atoms with Gasteiger partial charge >= 0.3 is 0 Å². The first-order chi connectivity index (χ1) is 7.00. The van der Waals surface area contributed by atoms with E-state index in [-0.39, 0.29) is 5.78 Å². The van der Waals surface area contributed by atoms with Crippen LogP contribution in [0.4, 0.5) is 0 Å². The lowest BCUT2D eigenvalue weighted by Crippen LogP contribution is -2.00. The molecule has 1 aromatic carbocycles. The minimum absolute atomic E-state index is 0.0578. The van der Waals surface area contributed by atoms with Crippen molar-refractivity contribution in [1.82, 2.24) is 4.57 Å². The first kappa shape index (κ1) is 10.2. The maximum atomic E-state index is 11.4. The van der Waals surface area contributed by atoms with Crippen molar-refractivity contribution < 1.29 is 4.79 Å². The molecule has 0 aliphatic carbocycles. The van der Waals surface area contributed by atoms with Crippen LogP contribution in [0.2, 0.25) is 5.02 Å². The van der Waals surface area contributed by atoms with Gasteiger partial charge in [0.1, 0.15) is 0 Å². The smallest absolute Gasteiger partial charge is 0.176 e. The van der Waals surface area contributed by atoms with E-state index in [4.69, 9.17) is 11.6 Å². The third-order valence-electron chi connectivity index (χ3n) is 2.62. The molecule has 15 heavy (non-hydrogen) atoms. The van der Waals surface area contributed by atoms with Gasteiger partial charge in [0.15, 0.2) is 5.78 Å². The Morgan fingerprint density at radius 1 is 1.33 bits per heavy atom. The van der Waals surface area contributed by atoms with Crippen molar-refractivity contribution in [3.8, 4) is 0 Å². The van der Waals surface area contributed by atoms with Gasteiger partial charge in [-0.1, -0.05) is 11.6 Å². The summed E-state index contributed by atoms with van der Waals surface area (Å²) in [5.74, 6) is 0.0578. The van der Waals surface area contributed by atoms with Crippen molar-refractivity contribution in [1.29, 1.82) is 0 Å². The molecule has 0 radical (unpaired) electrons. The molecule has 2 aromatic rings. The van der Waals surface area contributed by atoms with E-state index < -0.39 is 0 Å². The van der Waals surface area contributed by atoms with Crippen LogP contribution in [-0.4, -0.2) is 10.4 Å². The summed E-state index contributed by atoms with van der Waals surface area (Å²) in [7, 11) is 1.88. The van der Waals surface area contributed by atoms with Gasteiger partial charge in [0.05, 0.1) is 16.2 Å². The normalized spacial score (nSPS) is 10.9. The number of rotatable bonds is 1. The quantitative estimate of drug-likeness (QED) is 0.677. The van der Waals surface area contributed by atoms with E-state index in [0.29, 0.717) is 10.7 Å². The molecule has 0 aliphatic rings. The number of aromatic nitrogens is 1. The Bertz CT molecular complexity index is 554. The largest absolute Gasteiger partial charge is 0.341 e. The highest BCUT2D eigenvalue weighted by Crippen LogP contribution is 2.28. The summed E-state index contributed by atoms with van der Waals surface area (Å²) in [5.41, 5.74) is 2.80. The van der Waals surface area contributed by atoms with E-state index in [0.717, 1.165) is 16.5 Å². The fraction of sp³-hybridized carbons (Fsp3) is 0.250. The Hall–Kier alpha value is -1.28. The maximum absolute atomic E-state index is 11.4. The molecular weight excluding hydrogens is 210 g/mol. The highest BCUT2D eigenvalue weighted by Gasteiger charge is 2.11. The van der Waals surface area contributed by atoms with Crippen molar-refractivity contribution in [3.63, 3.8) is 0 Å². The molecule has 0 amide bonds. The second kappa shape index (κ2) is 3.38. The second-order valence-electron chi connectivity index (χ2n) is 3.82. The number of hydrogen-bond acceptors (Lipinski definition) is 1. The minimum atomic E-state index is 0.0578. The molecule has 0 aliphatic heterocycles. The first-order valence-electron chi connectivity index (χ1n) is 4.77. The fourth-order valence-corrected chi connectivity index (χ4v) is 2.18.